The van der Waals surface area contributed by atoms with Crippen LogP contribution in [0.4, 0.5) is 0 Å². The molecule has 1 aromatic heterocycles. The zero-order valence-electron chi connectivity index (χ0n) is 8.66. The van der Waals surface area contributed by atoms with Crippen LogP contribution < -0.4 is 10.6 Å². The SMILES string of the molecule is Cl.O=C(NCc1csc(Br)c1)C1CCNC1. The monoisotopic (exact) mass is 324 g/mol. The van der Waals surface area contributed by atoms with Crippen LogP contribution in [0.3, 0.4) is 0 Å². The highest BCUT2D eigenvalue weighted by atomic mass is 79.9. The zero-order chi connectivity index (χ0) is 10.7. The standard InChI is InChI=1S/C10H13BrN2OS.ClH/c11-9-3-7(6-15-9)4-13-10(14)8-1-2-12-5-8;/h3,6,8,12H,1-2,4-5H2,(H,13,14);1H. The van der Waals surface area contributed by atoms with Crippen molar-refractivity contribution >= 4 is 45.6 Å². The lowest BCUT2D eigenvalue weighted by molar-refractivity contribution is -0.124. The number of amides is 1. The summed E-state index contributed by atoms with van der Waals surface area (Å²) in [5.41, 5.74) is 1.16. The fourth-order valence-electron chi connectivity index (χ4n) is 1.65. The van der Waals surface area contributed by atoms with Gasteiger partial charge >= 0.3 is 0 Å². The van der Waals surface area contributed by atoms with E-state index in [1.807, 2.05) is 6.07 Å². The molecule has 0 saturated carbocycles. The molecule has 0 aromatic carbocycles. The lowest BCUT2D eigenvalue weighted by atomic mass is 10.1. The van der Waals surface area contributed by atoms with Gasteiger partial charge in [0.2, 0.25) is 5.91 Å². The third-order valence-corrected chi connectivity index (χ3v) is 4.07. The van der Waals surface area contributed by atoms with Gasteiger partial charge in [-0.3, -0.25) is 4.79 Å². The Bertz CT molecular complexity index is 352. The summed E-state index contributed by atoms with van der Waals surface area (Å²) in [5, 5.41) is 8.20. The van der Waals surface area contributed by atoms with Gasteiger partial charge in [-0.05, 0) is 45.9 Å². The Balaban J connectivity index is 0.00000128. The number of hydrogen-bond acceptors (Lipinski definition) is 3. The van der Waals surface area contributed by atoms with Crippen molar-refractivity contribution in [3.8, 4) is 0 Å². The molecule has 90 valence electrons. The lowest BCUT2D eigenvalue weighted by Crippen LogP contribution is -2.31. The van der Waals surface area contributed by atoms with Crippen molar-refractivity contribution in [3.05, 3.63) is 20.8 Å². The van der Waals surface area contributed by atoms with Crippen molar-refractivity contribution in [2.24, 2.45) is 5.92 Å². The Morgan fingerprint density at radius 2 is 2.50 bits per heavy atom. The van der Waals surface area contributed by atoms with Crippen LogP contribution in [0.15, 0.2) is 15.2 Å². The van der Waals surface area contributed by atoms with Gasteiger partial charge in [-0.25, -0.2) is 0 Å². The molecule has 1 unspecified atom stereocenters. The first-order valence-corrected chi connectivity index (χ1v) is 6.64. The van der Waals surface area contributed by atoms with E-state index >= 15 is 0 Å². The van der Waals surface area contributed by atoms with Crippen molar-refractivity contribution in [1.29, 1.82) is 0 Å². The highest BCUT2D eigenvalue weighted by Gasteiger charge is 2.21. The van der Waals surface area contributed by atoms with Crippen molar-refractivity contribution in [3.63, 3.8) is 0 Å². The van der Waals surface area contributed by atoms with Crippen molar-refractivity contribution in [1.82, 2.24) is 10.6 Å². The predicted octanol–water partition coefficient (Wildman–Crippen LogP) is 2.16. The van der Waals surface area contributed by atoms with Crippen LogP contribution in [-0.4, -0.2) is 19.0 Å². The molecule has 1 aliphatic heterocycles. The molecule has 0 aliphatic carbocycles. The summed E-state index contributed by atoms with van der Waals surface area (Å²) >= 11 is 5.04. The molecular formula is C10H14BrClN2OS. The molecule has 0 radical (unpaired) electrons. The van der Waals surface area contributed by atoms with Crippen LogP contribution in [0, 0.1) is 5.92 Å². The van der Waals surface area contributed by atoms with Crippen LogP contribution in [-0.2, 0) is 11.3 Å². The van der Waals surface area contributed by atoms with Gasteiger partial charge in [-0.1, -0.05) is 0 Å². The Morgan fingerprint density at radius 3 is 3.06 bits per heavy atom. The summed E-state index contributed by atoms with van der Waals surface area (Å²) in [6.07, 6.45) is 0.958. The molecule has 0 bridgehead atoms. The summed E-state index contributed by atoms with van der Waals surface area (Å²) in [7, 11) is 0. The van der Waals surface area contributed by atoms with Crippen LogP contribution >= 0.6 is 39.7 Å². The van der Waals surface area contributed by atoms with Crippen LogP contribution in [0.1, 0.15) is 12.0 Å². The molecule has 1 amide bonds. The molecule has 2 heterocycles. The van der Waals surface area contributed by atoms with E-state index in [9.17, 15) is 4.79 Å². The van der Waals surface area contributed by atoms with Gasteiger partial charge in [-0.15, -0.1) is 23.7 Å². The van der Waals surface area contributed by atoms with E-state index in [1.165, 1.54) is 0 Å². The maximum Gasteiger partial charge on any atom is 0.224 e. The van der Waals surface area contributed by atoms with E-state index in [2.05, 4.69) is 31.9 Å². The first-order chi connectivity index (χ1) is 7.25. The molecule has 2 N–H and O–H groups in total. The lowest BCUT2D eigenvalue weighted by Gasteiger charge is -2.08. The number of carbonyl (C=O) groups is 1. The summed E-state index contributed by atoms with van der Waals surface area (Å²) < 4.78 is 1.11. The van der Waals surface area contributed by atoms with E-state index in [0.717, 1.165) is 28.9 Å². The molecule has 2 rings (SSSR count). The quantitative estimate of drug-likeness (QED) is 0.894. The zero-order valence-corrected chi connectivity index (χ0v) is 11.9. The number of thiophene rings is 1. The average Bonchev–Trinajstić information content (AvgIpc) is 2.84. The second-order valence-corrected chi connectivity index (χ2v) is 5.96. The van der Waals surface area contributed by atoms with Gasteiger partial charge in [0, 0.05) is 13.1 Å². The molecular weight excluding hydrogens is 312 g/mol. The number of nitrogens with one attached hydrogen (secondary N) is 2. The molecule has 1 fully saturated rings. The van der Waals surface area contributed by atoms with Gasteiger partial charge in [0.15, 0.2) is 0 Å². The van der Waals surface area contributed by atoms with Crippen molar-refractivity contribution in [2.45, 2.75) is 13.0 Å². The molecule has 1 atom stereocenters. The number of carbonyl (C=O) groups excluding carboxylic acids is 1. The smallest absolute Gasteiger partial charge is 0.224 e. The number of halogens is 2. The van der Waals surface area contributed by atoms with Gasteiger partial charge < -0.3 is 10.6 Å². The van der Waals surface area contributed by atoms with Gasteiger partial charge in [0.1, 0.15) is 0 Å². The Morgan fingerprint density at radius 1 is 1.69 bits per heavy atom. The van der Waals surface area contributed by atoms with E-state index < -0.39 is 0 Å². The largest absolute Gasteiger partial charge is 0.352 e. The minimum absolute atomic E-state index is 0. The van der Waals surface area contributed by atoms with Gasteiger partial charge in [0.05, 0.1) is 9.70 Å². The van der Waals surface area contributed by atoms with E-state index in [1.54, 1.807) is 11.3 Å². The van der Waals surface area contributed by atoms with Crippen LogP contribution in [0.25, 0.3) is 0 Å². The van der Waals surface area contributed by atoms with Crippen LogP contribution in [0.2, 0.25) is 0 Å². The van der Waals surface area contributed by atoms with Gasteiger partial charge in [0.25, 0.3) is 0 Å². The number of hydrogen-bond donors (Lipinski definition) is 2. The normalized spacial score (nSPS) is 19.2. The highest BCUT2D eigenvalue weighted by molar-refractivity contribution is 9.11. The summed E-state index contributed by atoms with van der Waals surface area (Å²) in [5.74, 6) is 0.328. The predicted molar refractivity (Wildman–Crippen MR) is 72.1 cm³/mol. The second kappa shape index (κ2) is 6.59. The second-order valence-electron chi connectivity index (χ2n) is 3.67. The molecule has 1 saturated heterocycles. The summed E-state index contributed by atoms with van der Waals surface area (Å²) in [6, 6.07) is 2.04. The number of rotatable bonds is 3. The summed E-state index contributed by atoms with van der Waals surface area (Å²) in [4.78, 5) is 11.7. The minimum atomic E-state index is 0. The Hall–Kier alpha value is -0.100. The van der Waals surface area contributed by atoms with Gasteiger partial charge in [-0.2, -0.15) is 0 Å². The first kappa shape index (κ1) is 14.0. The molecule has 16 heavy (non-hydrogen) atoms. The minimum Gasteiger partial charge on any atom is -0.352 e. The fourth-order valence-corrected chi connectivity index (χ4v) is 2.86. The molecule has 0 spiro atoms. The third-order valence-electron chi connectivity index (χ3n) is 2.52. The maximum absolute atomic E-state index is 11.7. The Labute approximate surface area is 114 Å². The van der Waals surface area contributed by atoms with E-state index in [0.29, 0.717) is 6.54 Å². The maximum atomic E-state index is 11.7. The molecule has 6 heteroatoms. The molecule has 3 nitrogen and oxygen atoms in total. The topological polar surface area (TPSA) is 41.1 Å². The van der Waals surface area contributed by atoms with Crippen molar-refractivity contribution < 1.29 is 4.79 Å². The van der Waals surface area contributed by atoms with Crippen molar-refractivity contribution in [2.75, 3.05) is 13.1 Å². The highest BCUT2D eigenvalue weighted by Crippen LogP contribution is 2.20. The van der Waals surface area contributed by atoms with Crippen LogP contribution in [0.5, 0.6) is 0 Å². The Kier molecular flexibility index (Phi) is 5.75. The van der Waals surface area contributed by atoms with E-state index in [4.69, 9.17) is 0 Å². The fraction of sp³-hybridized carbons (Fsp3) is 0.500. The molecule has 1 aromatic rings. The first-order valence-electron chi connectivity index (χ1n) is 4.97. The molecule has 1 aliphatic rings. The average molecular weight is 326 g/mol. The van der Waals surface area contributed by atoms with E-state index in [-0.39, 0.29) is 24.2 Å². The summed E-state index contributed by atoms with van der Waals surface area (Å²) in [6.45, 7) is 2.42. The third kappa shape index (κ3) is 3.73.